The molecule has 0 N–H and O–H groups in total. The number of carbonyl (C=O) groups is 1. The van der Waals surface area contributed by atoms with Crippen molar-refractivity contribution in [2.24, 2.45) is 4.99 Å². The van der Waals surface area contributed by atoms with E-state index in [0.29, 0.717) is 32.8 Å². The Labute approximate surface area is 165 Å². The van der Waals surface area contributed by atoms with Crippen molar-refractivity contribution >= 4 is 28.7 Å². The fourth-order valence-corrected chi connectivity index (χ4v) is 3.64. The summed E-state index contributed by atoms with van der Waals surface area (Å²) in [6.07, 6.45) is 4.89. The van der Waals surface area contributed by atoms with Crippen LogP contribution in [0.25, 0.3) is 10.9 Å². The number of aliphatic imine (C=N–C) groups is 1. The number of aromatic nitrogens is 1. The number of fused-ring (bicyclic) bond motifs is 1. The lowest BCUT2D eigenvalue weighted by atomic mass is 10.1. The van der Waals surface area contributed by atoms with Crippen LogP contribution in [0, 0.1) is 0 Å². The van der Waals surface area contributed by atoms with Crippen molar-refractivity contribution < 1.29 is 9.53 Å². The number of hydrogen-bond acceptors (Lipinski definition) is 3. The SMILES string of the molecule is CCc1ccccc1N=Cc1cn(CC(=O)N2CCOCC2)c2ccccc12. The standard InChI is InChI=1S/C23H25N3O2/c1-2-18-7-3-5-9-21(18)24-15-19-16-26(22-10-6-4-8-20(19)22)17-23(27)25-11-13-28-14-12-25/h3-10,15-16H,2,11-14,17H2,1H3. The van der Waals surface area contributed by atoms with Crippen LogP contribution in [0.2, 0.25) is 0 Å². The lowest BCUT2D eigenvalue weighted by Crippen LogP contribution is -2.42. The van der Waals surface area contributed by atoms with Crippen molar-refractivity contribution in [2.45, 2.75) is 19.9 Å². The van der Waals surface area contributed by atoms with E-state index in [2.05, 4.69) is 25.1 Å². The first-order valence-corrected chi connectivity index (χ1v) is 9.81. The molecule has 0 saturated carbocycles. The molecule has 5 heteroatoms. The van der Waals surface area contributed by atoms with E-state index in [4.69, 9.17) is 9.73 Å². The van der Waals surface area contributed by atoms with Crippen LogP contribution in [0.4, 0.5) is 5.69 Å². The number of para-hydroxylation sites is 2. The van der Waals surface area contributed by atoms with Crippen LogP contribution < -0.4 is 0 Å². The summed E-state index contributed by atoms with van der Waals surface area (Å²) in [4.78, 5) is 19.3. The minimum atomic E-state index is 0.129. The Hall–Kier alpha value is -2.92. The highest BCUT2D eigenvalue weighted by molar-refractivity contribution is 6.00. The first-order valence-electron chi connectivity index (χ1n) is 9.81. The Bertz CT molecular complexity index is 1000. The Morgan fingerprint density at radius 2 is 1.86 bits per heavy atom. The van der Waals surface area contributed by atoms with Crippen LogP contribution in [0.15, 0.2) is 59.7 Å². The van der Waals surface area contributed by atoms with Crippen molar-refractivity contribution in [3.8, 4) is 0 Å². The maximum Gasteiger partial charge on any atom is 0.242 e. The van der Waals surface area contributed by atoms with E-state index < -0.39 is 0 Å². The molecule has 0 aliphatic carbocycles. The second kappa shape index (κ2) is 8.40. The summed E-state index contributed by atoms with van der Waals surface area (Å²) in [7, 11) is 0. The van der Waals surface area contributed by atoms with E-state index in [1.807, 2.05) is 52.2 Å². The summed E-state index contributed by atoms with van der Waals surface area (Å²) in [6.45, 7) is 5.04. The van der Waals surface area contributed by atoms with Crippen LogP contribution in [-0.2, 0) is 22.5 Å². The molecular formula is C23H25N3O2. The minimum absolute atomic E-state index is 0.129. The van der Waals surface area contributed by atoms with Gasteiger partial charge >= 0.3 is 0 Å². The van der Waals surface area contributed by atoms with Crippen LogP contribution in [0.3, 0.4) is 0 Å². The van der Waals surface area contributed by atoms with Gasteiger partial charge in [-0.05, 0) is 24.1 Å². The Morgan fingerprint density at radius 3 is 2.68 bits per heavy atom. The van der Waals surface area contributed by atoms with Gasteiger partial charge in [-0.3, -0.25) is 9.79 Å². The number of benzene rings is 2. The summed E-state index contributed by atoms with van der Waals surface area (Å²) in [6, 6.07) is 16.4. The molecule has 2 aromatic carbocycles. The molecule has 0 bridgehead atoms. The number of amides is 1. The third-order valence-electron chi connectivity index (χ3n) is 5.20. The molecule has 0 spiro atoms. The summed E-state index contributed by atoms with van der Waals surface area (Å²) >= 11 is 0. The highest BCUT2D eigenvalue weighted by Gasteiger charge is 2.18. The topological polar surface area (TPSA) is 46.8 Å². The molecule has 0 radical (unpaired) electrons. The average molecular weight is 375 g/mol. The van der Waals surface area contributed by atoms with E-state index in [1.165, 1.54) is 5.56 Å². The van der Waals surface area contributed by atoms with Gasteiger partial charge in [0.25, 0.3) is 0 Å². The molecule has 5 nitrogen and oxygen atoms in total. The van der Waals surface area contributed by atoms with Crippen LogP contribution >= 0.6 is 0 Å². The second-order valence-corrected chi connectivity index (χ2v) is 6.96. The van der Waals surface area contributed by atoms with Crippen molar-refractivity contribution in [3.05, 3.63) is 65.9 Å². The zero-order chi connectivity index (χ0) is 19.3. The first kappa shape index (κ1) is 18.4. The van der Waals surface area contributed by atoms with Gasteiger partial charge in [0, 0.05) is 42.0 Å². The summed E-state index contributed by atoms with van der Waals surface area (Å²) < 4.78 is 7.38. The fraction of sp³-hybridized carbons (Fsp3) is 0.304. The zero-order valence-corrected chi connectivity index (χ0v) is 16.2. The molecule has 2 heterocycles. The van der Waals surface area contributed by atoms with Gasteiger partial charge in [0.2, 0.25) is 5.91 Å². The van der Waals surface area contributed by atoms with Crippen LogP contribution in [-0.4, -0.2) is 47.9 Å². The van der Waals surface area contributed by atoms with Gasteiger partial charge in [-0.15, -0.1) is 0 Å². The largest absolute Gasteiger partial charge is 0.378 e. The molecule has 1 aliphatic rings. The van der Waals surface area contributed by atoms with Gasteiger partial charge < -0.3 is 14.2 Å². The van der Waals surface area contributed by atoms with Crippen molar-refractivity contribution in [2.75, 3.05) is 26.3 Å². The van der Waals surface area contributed by atoms with Crippen LogP contribution in [0.1, 0.15) is 18.1 Å². The normalized spacial score (nSPS) is 14.8. The predicted octanol–water partition coefficient (Wildman–Crippen LogP) is 3.81. The smallest absolute Gasteiger partial charge is 0.242 e. The van der Waals surface area contributed by atoms with Gasteiger partial charge in [0.15, 0.2) is 0 Å². The van der Waals surface area contributed by atoms with E-state index in [1.54, 1.807) is 0 Å². The maximum absolute atomic E-state index is 12.7. The quantitative estimate of drug-likeness (QED) is 0.637. The summed E-state index contributed by atoms with van der Waals surface area (Å²) in [5, 5.41) is 1.11. The van der Waals surface area contributed by atoms with Gasteiger partial charge in [-0.1, -0.05) is 43.3 Å². The number of morpholine rings is 1. The minimum Gasteiger partial charge on any atom is -0.378 e. The molecule has 144 valence electrons. The molecule has 3 aromatic rings. The van der Waals surface area contributed by atoms with Crippen molar-refractivity contribution in [3.63, 3.8) is 0 Å². The Balaban J connectivity index is 1.63. The number of hydrogen-bond donors (Lipinski definition) is 0. The van der Waals surface area contributed by atoms with E-state index >= 15 is 0 Å². The summed E-state index contributed by atoms with van der Waals surface area (Å²) in [5.41, 5.74) is 4.29. The van der Waals surface area contributed by atoms with Crippen molar-refractivity contribution in [1.29, 1.82) is 0 Å². The summed E-state index contributed by atoms with van der Waals surface area (Å²) in [5.74, 6) is 0.129. The van der Waals surface area contributed by atoms with Crippen LogP contribution in [0.5, 0.6) is 0 Å². The van der Waals surface area contributed by atoms with Gasteiger partial charge in [0.1, 0.15) is 6.54 Å². The second-order valence-electron chi connectivity index (χ2n) is 6.96. The molecule has 1 fully saturated rings. The highest BCUT2D eigenvalue weighted by atomic mass is 16.5. The monoisotopic (exact) mass is 375 g/mol. The molecule has 28 heavy (non-hydrogen) atoms. The molecule has 1 aromatic heterocycles. The Morgan fingerprint density at radius 1 is 1.11 bits per heavy atom. The van der Waals surface area contributed by atoms with Crippen molar-refractivity contribution in [1.82, 2.24) is 9.47 Å². The molecule has 0 atom stereocenters. The van der Waals surface area contributed by atoms with Gasteiger partial charge in [-0.2, -0.15) is 0 Å². The fourth-order valence-electron chi connectivity index (χ4n) is 3.64. The lowest BCUT2D eigenvalue weighted by Gasteiger charge is -2.27. The first-order chi connectivity index (χ1) is 13.8. The predicted molar refractivity (Wildman–Crippen MR) is 112 cm³/mol. The average Bonchev–Trinajstić information content (AvgIpc) is 3.10. The number of ether oxygens (including phenoxy) is 1. The van der Waals surface area contributed by atoms with Gasteiger partial charge in [-0.25, -0.2) is 0 Å². The number of nitrogens with zero attached hydrogens (tertiary/aromatic N) is 3. The van der Waals surface area contributed by atoms with Gasteiger partial charge in [0.05, 0.1) is 18.9 Å². The highest BCUT2D eigenvalue weighted by Crippen LogP contribution is 2.23. The van der Waals surface area contributed by atoms with E-state index in [9.17, 15) is 4.79 Å². The zero-order valence-electron chi connectivity index (χ0n) is 16.2. The van der Waals surface area contributed by atoms with E-state index in [0.717, 1.165) is 28.6 Å². The number of carbonyl (C=O) groups excluding carboxylic acids is 1. The number of aryl methyl sites for hydroxylation is 1. The molecule has 4 rings (SSSR count). The molecule has 1 amide bonds. The molecule has 1 saturated heterocycles. The molecular weight excluding hydrogens is 350 g/mol. The third kappa shape index (κ3) is 3.85. The lowest BCUT2D eigenvalue weighted by molar-refractivity contribution is -0.135. The Kier molecular flexibility index (Phi) is 5.53. The molecule has 0 unspecified atom stereocenters. The third-order valence-corrected chi connectivity index (χ3v) is 5.20. The maximum atomic E-state index is 12.7. The van der Waals surface area contributed by atoms with E-state index in [-0.39, 0.29) is 5.91 Å². The number of rotatable bonds is 5. The molecule has 1 aliphatic heterocycles.